The lowest BCUT2D eigenvalue weighted by atomic mass is 9.85. The van der Waals surface area contributed by atoms with E-state index in [1.165, 1.54) is 0 Å². The molecular formula is C24H26Cl2N2O4. The Labute approximate surface area is 197 Å². The van der Waals surface area contributed by atoms with Crippen LogP contribution in [0.1, 0.15) is 41.4 Å². The van der Waals surface area contributed by atoms with Crippen LogP contribution in [-0.2, 0) is 16.9 Å². The van der Waals surface area contributed by atoms with E-state index in [9.17, 15) is 9.90 Å². The number of carbonyl (C=O) groups excluding carboxylic acids is 1. The number of fused-ring (bicyclic) bond motifs is 1. The molecule has 2 N–H and O–H groups in total. The Morgan fingerprint density at radius 2 is 2.09 bits per heavy atom. The van der Waals surface area contributed by atoms with E-state index in [-0.39, 0.29) is 6.61 Å². The number of nitrogens with one attached hydrogen (secondary N) is 1. The number of hydrogen-bond acceptors (Lipinski definition) is 5. The van der Waals surface area contributed by atoms with Crippen molar-refractivity contribution in [1.29, 1.82) is 0 Å². The van der Waals surface area contributed by atoms with Crippen molar-refractivity contribution in [2.45, 2.75) is 31.9 Å². The van der Waals surface area contributed by atoms with Gasteiger partial charge in [-0.3, -0.25) is 4.90 Å². The normalized spacial score (nSPS) is 19.3. The molecule has 1 fully saturated rings. The molecule has 0 saturated carbocycles. The van der Waals surface area contributed by atoms with Crippen LogP contribution in [-0.4, -0.2) is 47.8 Å². The Hall–Kier alpha value is -2.25. The summed E-state index contributed by atoms with van der Waals surface area (Å²) in [6.07, 6.45) is 1.45. The third kappa shape index (κ3) is 4.46. The highest BCUT2D eigenvalue weighted by atomic mass is 35.5. The second-order valence-corrected chi connectivity index (χ2v) is 8.93. The molecule has 6 nitrogen and oxygen atoms in total. The van der Waals surface area contributed by atoms with Gasteiger partial charge in [-0.15, -0.1) is 0 Å². The number of nitrogens with zero attached hydrogens (tertiary/aromatic N) is 1. The van der Waals surface area contributed by atoms with Gasteiger partial charge in [0, 0.05) is 34.6 Å². The van der Waals surface area contributed by atoms with Gasteiger partial charge in [-0.2, -0.15) is 0 Å². The van der Waals surface area contributed by atoms with Crippen LogP contribution in [0.4, 0.5) is 0 Å². The van der Waals surface area contributed by atoms with Gasteiger partial charge >= 0.3 is 5.97 Å². The lowest BCUT2D eigenvalue weighted by Gasteiger charge is -2.39. The van der Waals surface area contributed by atoms with Crippen molar-refractivity contribution in [3.05, 3.63) is 63.3 Å². The molecule has 1 saturated heterocycles. The first-order valence-corrected chi connectivity index (χ1v) is 11.4. The molecule has 1 atom stereocenters. The van der Waals surface area contributed by atoms with Crippen molar-refractivity contribution < 1.29 is 19.4 Å². The number of aliphatic hydroxyl groups is 1. The molecule has 2 aromatic carbocycles. The number of H-pyrrole nitrogens is 1. The summed E-state index contributed by atoms with van der Waals surface area (Å²) in [6, 6.07) is 10.9. The van der Waals surface area contributed by atoms with E-state index in [1.807, 2.05) is 24.3 Å². The number of halogens is 2. The highest BCUT2D eigenvalue weighted by Gasteiger charge is 2.36. The summed E-state index contributed by atoms with van der Waals surface area (Å²) in [5, 5.41) is 13.2. The number of rotatable bonds is 6. The van der Waals surface area contributed by atoms with Crippen LogP contribution in [0.3, 0.4) is 0 Å². The Bertz CT molecular complexity index is 1150. The number of hydrogen-bond donors (Lipinski definition) is 2. The highest BCUT2D eigenvalue weighted by molar-refractivity contribution is 6.39. The van der Waals surface area contributed by atoms with Crippen molar-refractivity contribution in [3.8, 4) is 5.75 Å². The lowest BCUT2D eigenvalue weighted by molar-refractivity contribution is -0.0382. The van der Waals surface area contributed by atoms with Gasteiger partial charge in [0.05, 0.1) is 18.7 Å². The summed E-state index contributed by atoms with van der Waals surface area (Å²) < 4.78 is 10.6. The van der Waals surface area contributed by atoms with E-state index < -0.39 is 11.6 Å². The van der Waals surface area contributed by atoms with Crippen LogP contribution in [0, 0.1) is 0 Å². The fourth-order valence-electron chi connectivity index (χ4n) is 4.48. The minimum Gasteiger partial charge on any atom is -0.497 e. The van der Waals surface area contributed by atoms with Gasteiger partial charge in [-0.1, -0.05) is 35.3 Å². The van der Waals surface area contributed by atoms with E-state index >= 15 is 0 Å². The number of esters is 1. The van der Waals surface area contributed by atoms with E-state index in [4.69, 9.17) is 32.7 Å². The molecular weight excluding hydrogens is 451 g/mol. The monoisotopic (exact) mass is 476 g/mol. The van der Waals surface area contributed by atoms with Crippen molar-refractivity contribution in [3.63, 3.8) is 0 Å². The Morgan fingerprint density at radius 1 is 1.28 bits per heavy atom. The number of methoxy groups -OCH3 is 1. The van der Waals surface area contributed by atoms with Crippen LogP contribution in [0.5, 0.6) is 5.75 Å². The van der Waals surface area contributed by atoms with Gasteiger partial charge in [0.2, 0.25) is 0 Å². The minimum atomic E-state index is -1.02. The summed E-state index contributed by atoms with van der Waals surface area (Å²) in [7, 11) is 1.61. The van der Waals surface area contributed by atoms with E-state index in [2.05, 4.69) is 9.88 Å². The van der Waals surface area contributed by atoms with Gasteiger partial charge in [-0.05, 0) is 56.1 Å². The molecule has 170 valence electrons. The first-order valence-electron chi connectivity index (χ1n) is 10.6. The fourth-order valence-corrected chi connectivity index (χ4v) is 5.09. The first-order chi connectivity index (χ1) is 15.3. The van der Waals surface area contributed by atoms with Crippen molar-refractivity contribution >= 4 is 40.1 Å². The molecule has 1 unspecified atom stereocenters. The second kappa shape index (κ2) is 9.32. The quantitative estimate of drug-likeness (QED) is 0.481. The maximum absolute atomic E-state index is 12.7. The van der Waals surface area contributed by atoms with Crippen LogP contribution in [0.25, 0.3) is 10.9 Å². The summed E-state index contributed by atoms with van der Waals surface area (Å²) >= 11 is 12.7. The van der Waals surface area contributed by atoms with E-state index in [0.29, 0.717) is 46.5 Å². The standard InChI is InChI=1S/C24H26Cl2N2O4/c1-3-32-23(29)22-18(21-19(26)11-16(25)12-20(21)27-22)13-28-9-5-8-24(30,14-28)15-6-4-7-17(10-15)31-2/h4,6-7,10-12,27,30H,3,5,8-9,13-14H2,1-2H3. The van der Waals surface area contributed by atoms with Crippen LogP contribution < -0.4 is 4.74 Å². The molecule has 0 spiro atoms. The molecule has 0 bridgehead atoms. The molecule has 4 rings (SSSR count). The average molecular weight is 477 g/mol. The molecule has 0 aliphatic carbocycles. The number of likely N-dealkylation sites (tertiary alicyclic amines) is 1. The lowest BCUT2D eigenvalue weighted by Crippen LogP contribution is -2.45. The van der Waals surface area contributed by atoms with Crippen LogP contribution in [0.2, 0.25) is 10.0 Å². The second-order valence-electron chi connectivity index (χ2n) is 8.09. The third-order valence-corrected chi connectivity index (χ3v) is 6.45. The number of carbonyl (C=O) groups is 1. The molecule has 0 radical (unpaired) electrons. The van der Waals surface area contributed by atoms with Gasteiger partial charge in [0.25, 0.3) is 0 Å². The number of benzene rings is 2. The zero-order chi connectivity index (χ0) is 22.9. The maximum atomic E-state index is 12.7. The zero-order valence-corrected chi connectivity index (χ0v) is 19.6. The highest BCUT2D eigenvalue weighted by Crippen LogP contribution is 2.37. The SMILES string of the molecule is CCOC(=O)c1[nH]c2cc(Cl)cc(Cl)c2c1CN1CCCC(O)(c2cccc(OC)c2)C1. The number of piperidine rings is 1. The van der Waals surface area contributed by atoms with Gasteiger partial charge < -0.3 is 19.6 Å². The molecule has 8 heteroatoms. The minimum absolute atomic E-state index is 0.265. The van der Waals surface area contributed by atoms with E-state index in [0.717, 1.165) is 29.5 Å². The molecule has 3 aromatic rings. The Kier molecular flexibility index (Phi) is 6.67. The van der Waals surface area contributed by atoms with Gasteiger partial charge in [-0.25, -0.2) is 4.79 Å². The van der Waals surface area contributed by atoms with Crippen molar-refractivity contribution in [1.82, 2.24) is 9.88 Å². The molecule has 32 heavy (non-hydrogen) atoms. The number of aromatic amines is 1. The summed E-state index contributed by atoms with van der Waals surface area (Å²) in [6.45, 7) is 3.67. The number of ether oxygens (including phenoxy) is 2. The summed E-state index contributed by atoms with van der Waals surface area (Å²) in [5.41, 5.74) is 1.59. The number of aromatic nitrogens is 1. The summed E-state index contributed by atoms with van der Waals surface area (Å²) in [5.74, 6) is 0.267. The molecule has 1 aliphatic heterocycles. The fraction of sp³-hybridized carbons (Fsp3) is 0.375. The topological polar surface area (TPSA) is 74.8 Å². The third-order valence-electron chi connectivity index (χ3n) is 5.94. The van der Waals surface area contributed by atoms with Crippen LogP contribution in [0.15, 0.2) is 36.4 Å². The Morgan fingerprint density at radius 3 is 2.84 bits per heavy atom. The Balaban J connectivity index is 1.69. The van der Waals surface area contributed by atoms with Gasteiger partial charge in [0.15, 0.2) is 0 Å². The summed E-state index contributed by atoms with van der Waals surface area (Å²) in [4.78, 5) is 18.0. The smallest absolute Gasteiger partial charge is 0.355 e. The van der Waals surface area contributed by atoms with Crippen molar-refractivity contribution in [2.75, 3.05) is 26.8 Å². The molecule has 2 heterocycles. The zero-order valence-electron chi connectivity index (χ0n) is 18.1. The molecule has 1 aliphatic rings. The molecule has 1 aromatic heterocycles. The van der Waals surface area contributed by atoms with Crippen LogP contribution >= 0.6 is 23.2 Å². The predicted molar refractivity (Wildman–Crippen MR) is 126 cm³/mol. The average Bonchev–Trinajstić information content (AvgIpc) is 3.12. The van der Waals surface area contributed by atoms with Gasteiger partial charge in [0.1, 0.15) is 17.0 Å². The van der Waals surface area contributed by atoms with Crippen molar-refractivity contribution in [2.24, 2.45) is 0 Å². The predicted octanol–water partition coefficient (Wildman–Crippen LogP) is 5.14. The maximum Gasteiger partial charge on any atom is 0.355 e. The molecule has 0 amide bonds. The first kappa shape index (κ1) is 22.9. The number of β-amino-alcohol motifs (C(OH)–C–C–N with tert-alkyl or cyclic N) is 1. The van der Waals surface area contributed by atoms with E-state index in [1.54, 1.807) is 26.2 Å². The largest absolute Gasteiger partial charge is 0.497 e.